The zero-order valence-corrected chi connectivity index (χ0v) is 9.83. The van der Waals surface area contributed by atoms with E-state index in [1.807, 2.05) is 6.07 Å². The first-order chi connectivity index (χ1) is 7.78. The summed E-state index contributed by atoms with van der Waals surface area (Å²) in [4.78, 5) is 5.36. The molecule has 0 unspecified atom stereocenters. The summed E-state index contributed by atoms with van der Waals surface area (Å²) in [6.07, 6.45) is 1.55. The van der Waals surface area contributed by atoms with Gasteiger partial charge in [-0.3, -0.25) is 0 Å². The highest BCUT2D eigenvalue weighted by molar-refractivity contribution is 7.98. The summed E-state index contributed by atoms with van der Waals surface area (Å²) in [6, 6.07) is 8.34. The maximum atomic E-state index is 4.93. The Morgan fingerprint density at radius 1 is 1.50 bits per heavy atom. The fourth-order valence-electron chi connectivity index (χ4n) is 1.26. The van der Waals surface area contributed by atoms with Crippen LogP contribution in [0.4, 0.5) is 0 Å². The Balaban J connectivity index is 1.99. The van der Waals surface area contributed by atoms with Crippen molar-refractivity contribution in [3.8, 4) is 0 Å². The van der Waals surface area contributed by atoms with Gasteiger partial charge in [0, 0.05) is 4.90 Å². The average Bonchev–Trinajstić information content (AvgIpc) is 2.74. The molecule has 0 spiro atoms. The lowest BCUT2D eigenvalue weighted by Crippen LogP contribution is -1.84. The molecule has 0 fully saturated rings. The molecule has 4 heteroatoms. The number of thioether (sulfide) groups is 1. The fourth-order valence-corrected chi connectivity index (χ4v) is 2.12. The van der Waals surface area contributed by atoms with Crippen LogP contribution in [-0.4, -0.2) is 10.1 Å². The highest BCUT2D eigenvalue weighted by Crippen LogP contribution is 2.22. The quantitative estimate of drug-likeness (QED) is 0.758. The monoisotopic (exact) mass is 232 g/mol. The third-order valence-electron chi connectivity index (χ3n) is 2.02. The van der Waals surface area contributed by atoms with E-state index in [-0.39, 0.29) is 0 Å². The first-order valence-electron chi connectivity index (χ1n) is 4.92. The van der Waals surface area contributed by atoms with Crippen LogP contribution in [0.2, 0.25) is 0 Å². The molecular weight excluding hydrogens is 220 g/mol. The molecule has 1 heterocycles. The Hall–Kier alpha value is -1.55. The van der Waals surface area contributed by atoms with Gasteiger partial charge in [-0.15, -0.1) is 11.8 Å². The van der Waals surface area contributed by atoms with Crippen molar-refractivity contribution in [3.05, 3.63) is 48.1 Å². The second-order valence-electron chi connectivity index (χ2n) is 3.36. The molecule has 0 saturated carbocycles. The third kappa shape index (κ3) is 2.73. The lowest BCUT2D eigenvalue weighted by molar-refractivity contribution is 0.405. The van der Waals surface area contributed by atoms with Gasteiger partial charge < -0.3 is 4.52 Å². The van der Waals surface area contributed by atoms with Crippen LogP contribution in [0, 0.1) is 6.92 Å². The largest absolute Gasteiger partial charge is 0.335 e. The molecule has 0 radical (unpaired) electrons. The fraction of sp³-hybridized carbons (Fsp3) is 0.167. The molecule has 3 nitrogen and oxygen atoms in total. The van der Waals surface area contributed by atoms with E-state index < -0.39 is 0 Å². The maximum absolute atomic E-state index is 4.93. The van der Waals surface area contributed by atoms with Crippen molar-refractivity contribution in [3.63, 3.8) is 0 Å². The molecule has 0 amide bonds. The minimum absolute atomic E-state index is 0.472. The van der Waals surface area contributed by atoms with E-state index in [1.54, 1.807) is 17.8 Å². The van der Waals surface area contributed by atoms with Gasteiger partial charge in [0.05, 0.1) is 5.75 Å². The van der Waals surface area contributed by atoms with Gasteiger partial charge in [0.25, 0.3) is 0 Å². The van der Waals surface area contributed by atoms with Gasteiger partial charge in [-0.25, -0.2) is 0 Å². The number of rotatable bonds is 4. The van der Waals surface area contributed by atoms with E-state index in [1.165, 1.54) is 10.5 Å². The Kier molecular flexibility index (Phi) is 3.41. The van der Waals surface area contributed by atoms with E-state index in [2.05, 4.69) is 41.8 Å². The Bertz CT molecular complexity index is 493. The smallest absolute Gasteiger partial charge is 0.250 e. The van der Waals surface area contributed by atoms with Crippen LogP contribution in [0.5, 0.6) is 0 Å². The molecule has 1 aromatic carbocycles. The predicted octanol–water partition coefficient (Wildman–Crippen LogP) is 3.31. The minimum Gasteiger partial charge on any atom is -0.335 e. The van der Waals surface area contributed by atoms with E-state index in [0.717, 1.165) is 0 Å². The predicted molar refractivity (Wildman–Crippen MR) is 65.1 cm³/mol. The van der Waals surface area contributed by atoms with Crippen molar-refractivity contribution in [1.29, 1.82) is 0 Å². The molecule has 0 atom stereocenters. The van der Waals surface area contributed by atoms with Crippen molar-refractivity contribution in [2.24, 2.45) is 0 Å². The van der Waals surface area contributed by atoms with E-state index in [9.17, 15) is 0 Å². The molecule has 16 heavy (non-hydrogen) atoms. The first-order valence-corrected chi connectivity index (χ1v) is 5.91. The molecule has 2 aromatic rings. The lowest BCUT2D eigenvalue weighted by Gasteiger charge is -1.99. The molecule has 0 saturated heterocycles. The highest BCUT2D eigenvalue weighted by atomic mass is 32.2. The topological polar surface area (TPSA) is 38.9 Å². The van der Waals surface area contributed by atoms with Gasteiger partial charge in [0.15, 0.2) is 5.82 Å². The second kappa shape index (κ2) is 4.99. The lowest BCUT2D eigenvalue weighted by atomic mass is 10.2. The normalized spacial score (nSPS) is 10.3. The van der Waals surface area contributed by atoms with E-state index in [4.69, 9.17) is 4.52 Å². The van der Waals surface area contributed by atoms with Crippen LogP contribution in [0.3, 0.4) is 0 Å². The summed E-state index contributed by atoms with van der Waals surface area (Å²) in [5, 5.41) is 3.85. The SMILES string of the molecule is C=Cc1nc(CSc2cccc(C)c2)no1. The standard InChI is InChI=1S/C12H12N2OS/c1-3-12-13-11(14-15-12)8-16-10-6-4-5-9(2)7-10/h3-7H,1,8H2,2H3. The van der Waals surface area contributed by atoms with Gasteiger partial charge in [0.1, 0.15) is 0 Å². The van der Waals surface area contributed by atoms with Crippen LogP contribution < -0.4 is 0 Å². The number of aryl methyl sites for hydroxylation is 1. The van der Waals surface area contributed by atoms with Crippen LogP contribution in [0.15, 0.2) is 40.3 Å². The summed E-state index contributed by atoms with van der Waals surface area (Å²) < 4.78 is 4.93. The Morgan fingerprint density at radius 3 is 3.06 bits per heavy atom. The molecule has 0 aliphatic heterocycles. The van der Waals surface area contributed by atoms with Gasteiger partial charge >= 0.3 is 0 Å². The van der Waals surface area contributed by atoms with Crippen LogP contribution in [0.1, 0.15) is 17.3 Å². The number of aromatic nitrogens is 2. The summed E-state index contributed by atoms with van der Waals surface area (Å²) in [5.74, 6) is 1.88. The minimum atomic E-state index is 0.472. The van der Waals surface area contributed by atoms with Crippen molar-refractivity contribution < 1.29 is 4.52 Å². The Morgan fingerprint density at radius 2 is 2.38 bits per heavy atom. The van der Waals surface area contributed by atoms with Crippen molar-refractivity contribution in [2.75, 3.05) is 0 Å². The summed E-state index contributed by atoms with van der Waals surface area (Å²) >= 11 is 1.69. The summed E-state index contributed by atoms with van der Waals surface area (Å²) in [7, 11) is 0. The van der Waals surface area contributed by atoms with Gasteiger partial charge in [-0.05, 0) is 25.1 Å². The number of hydrogen-bond acceptors (Lipinski definition) is 4. The molecule has 82 valence electrons. The van der Waals surface area contributed by atoms with Gasteiger partial charge in [-0.2, -0.15) is 4.98 Å². The Labute approximate surface area is 98.6 Å². The molecule has 0 N–H and O–H groups in total. The molecule has 0 aliphatic rings. The molecule has 1 aromatic heterocycles. The van der Waals surface area contributed by atoms with Gasteiger partial charge in [-0.1, -0.05) is 29.4 Å². The highest BCUT2D eigenvalue weighted by Gasteiger charge is 2.03. The summed E-state index contributed by atoms with van der Waals surface area (Å²) in [5.41, 5.74) is 1.25. The van der Waals surface area contributed by atoms with E-state index in [0.29, 0.717) is 17.5 Å². The summed E-state index contributed by atoms with van der Waals surface area (Å²) in [6.45, 7) is 5.65. The molecular formula is C12H12N2OS. The van der Waals surface area contributed by atoms with Crippen molar-refractivity contribution in [2.45, 2.75) is 17.6 Å². The van der Waals surface area contributed by atoms with Crippen LogP contribution in [0.25, 0.3) is 6.08 Å². The number of hydrogen-bond donors (Lipinski definition) is 0. The average molecular weight is 232 g/mol. The number of nitrogens with zero attached hydrogens (tertiary/aromatic N) is 2. The zero-order valence-electron chi connectivity index (χ0n) is 9.01. The van der Waals surface area contributed by atoms with Crippen LogP contribution in [-0.2, 0) is 5.75 Å². The van der Waals surface area contributed by atoms with Crippen LogP contribution >= 0.6 is 11.8 Å². The molecule has 2 rings (SSSR count). The second-order valence-corrected chi connectivity index (χ2v) is 4.41. The maximum Gasteiger partial charge on any atom is 0.250 e. The number of benzene rings is 1. The molecule has 0 aliphatic carbocycles. The first kappa shape index (κ1) is 11.0. The van der Waals surface area contributed by atoms with E-state index >= 15 is 0 Å². The van der Waals surface area contributed by atoms with Gasteiger partial charge in [0.2, 0.25) is 5.89 Å². The van der Waals surface area contributed by atoms with Crippen molar-refractivity contribution in [1.82, 2.24) is 10.1 Å². The molecule has 0 bridgehead atoms. The third-order valence-corrected chi connectivity index (χ3v) is 3.01. The van der Waals surface area contributed by atoms with Crippen molar-refractivity contribution >= 4 is 17.8 Å². The zero-order chi connectivity index (χ0) is 11.4.